The van der Waals surface area contributed by atoms with Gasteiger partial charge in [-0.2, -0.15) is 5.10 Å². The lowest BCUT2D eigenvalue weighted by molar-refractivity contribution is 0.180. The van der Waals surface area contributed by atoms with Crippen LogP contribution in [0.3, 0.4) is 0 Å². The SMILES string of the molecule is COCc1nn(-c2ccc(Cl)cc2Cl)c2c1CCCCN2. The van der Waals surface area contributed by atoms with Crippen molar-refractivity contribution in [2.45, 2.75) is 25.9 Å². The first-order valence-corrected chi connectivity index (χ1v) is 7.75. The highest BCUT2D eigenvalue weighted by Gasteiger charge is 2.21. The van der Waals surface area contributed by atoms with E-state index in [1.807, 2.05) is 16.8 Å². The lowest BCUT2D eigenvalue weighted by Gasteiger charge is -2.11. The molecule has 0 unspecified atom stereocenters. The van der Waals surface area contributed by atoms with Gasteiger partial charge in [-0.3, -0.25) is 0 Å². The van der Waals surface area contributed by atoms with Crippen LogP contribution in [0.2, 0.25) is 10.0 Å². The van der Waals surface area contributed by atoms with E-state index in [9.17, 15) is 0 Å². The fourth-order valence-corrected chi connectivity index (χ4v) is 3.14. The number of anilines is 1. The lowest BCUT2D eigenvalue weighted by atomic mass is 10.1. The second-order valence-corrected chi connectivity index (χ2v) is 5.94. The second-order valence-electron chi connectivity index (χ2n) is 5.10. The average Bonchev–Trinajstić information content (AvgIpc) is 2.64. The van der Waals surface area contributed by atoms with Gasteiger partial charge in [0, 0.05) is 24.2 Å². The molecule has 0 amide bonds. The molecule has 1 N–H and O–H groups in total. The number of rotatable bonds is 3. The standard InChI is InChI=1S/C15H17Cl2N3O/c1-21-9-13-11-4-2-3-7-18-15(11)20(19-13)14-6-5-10(16)8-12(14)17/h5-6,8,18H,2-4,7,9H2,1H3. The van der Waals surface area contributed by atoms with Crippen molar-refractivity contribution >= 4 is 29.0 Å². The Hall–Kier alpha value is -1.23. The van der Waals surface area contributed by atoms with Gasteiger partial charge in [0.2, 0.25) is 0 Å². The normalized spacial score (nSPS) is 14.4. The van der Waals surface area contributed by atoms with Gasteiger partial charge < -0.3 is 10.1 Å². The third kappa shape index (κ3) is 2.89. The van der Waals surface area contributed by atoms with Crippen molar-refractivity contribution in [1.29, 1.82) is 0 Å². The molecule has 0 saturated carbocycles. The first-order valence-electron chi connectivity index (χ1n) is 6.99. The molecule has 0 saturated heterocycles. The highest BCUT2D eigenvalue weighted by atomic mass is 35.5. The second kappa shape index (κ2) is 6.26. The van der Waals surface area contributed by atoms with Crippen LogP contribution in [0.5, 0.6) is 0 Å². The first-order chi connectivity index (χ1) is 10.2. The van der Waals surface area contributed by atoms with Crippen LogP contribution in [0.4, 0.5) is 5.82 Å². The van der Waals surface area contributed by atoms with E-state index in [1.54, 1.807) is 13.2 Å². The number of hydrogen-bond acceptors (Lipinski definition) is 3. The van der Waals surface area contributed by atoms with Crippen LogP contribution in [-0.2, 0) is 17.8 Å². The Kier molecular flexibility index (Phi) is 4.38. The molecule has 21 heavy (non-hydrogen) atoms. The Morgan fingerprint density at radius 2 is 2.19 bits per heavy atom. The van der Waals surface area contributed by atoms with Crippen LogP contribution in [0.15, 0.2) is 18.2 Å². The molecular weight excluding hydrogens is 309 g/mol. The van der Waals surface area contributed by atoms with Crippen molar-refractivity contribution in [3.8, 4) is 5.69 Å². The van der Waals surface area contributed by atoms with Crippen molar-refractivity contribution < 1.29 is 4.74 Å². The molecule has 0 atom stereocenters. The number of aromatic nitrogens is 2. The summed E-state index contributed by atoms with van der Waals surface area (Å²) in [6.07, 6.45) is 3.30. The van der Waals surface area contributed by atoms with Crippen molar-refractivity contribution in [3.63, 3.8) is 0 Å². The van der Waals surface area contributed by atoms with Crippen LogP contribution >= 0.6 is 23.2 Å². The summed E-state index contributed by atoms with van der Waals surface area (Å²) in [4.78, 5) is 0. The number of fused-ring (bicyclic) bond motifs is 1. The van der Waals surface area contributed by atoms with E-state index in [4.69, 9.17) is 27.9 Å². The van der Waals surface area contributed by atoms with E-state index in [1.165, 1.54) is 5.56 Å². The van der Waals surface area contributed by atoms with E-state index < -0.39 is 0 Å². The maximum Gasteiger partial charge on any atom is 0.133 e. The number of methoxy groups -OCH3 is 1. The number of nitrogens with one attached hydrogen (secondary N) is 1. The molecular formula is C15H17Cl2N3O. The zero-order valence-corrected chi connectivity index (χ0v) is 13.3. The number of hydrogen-bond donors (Lipinski definition) is 1. The Labute approximate surface area is 134 Å². The monoisotopic (exact) mass is 325 g/mol. The summed E-state index contributed by atoms with van der Waals surface area (Å²) in [5.41, 5.74) is 3.02. The zero-order chi connectivity index (χ0) is 14.8. The van der Waals surface area contributed by atoms with Crippen molar-refractivity contribution in [1.82, 2.24) is 9.78 Å². The summed E-state index contributed by atoms with van der Waals surface area (Å²) in [6, 6.07) is 5.45. The molecule has 2 aromatic rings. The van der Waals surface area contributed by atoms with Crippen LogP contribution < -0.4 is 5.32 Å². The summed E-state index contributed by atoms with van der Waals surface area (Å²) in [7, 11) is 1.69. The predicted octanol–water partition coefficient (Wildman–Crippen LogP) is 4.07. The van der Waals surface area contributed by atoms with E-state index >= 15 is 0 Å². The molecule has 0 aliphatic carbocycles. The fraction of sp³-hybridized carbons (Fsp3) is 0.400. The van der Waals surface area contributed by atoms with Crippen LogP contribution in [-0.4, -0.2) is 23.4 Å². The number of ether oxygens (including phenoxy) is 1. The van der Waals surface area contributed by atoms with Gasteiger partial charge in [0.1, 0.15) is 5.82 Å². The maximum absolute atomic E-state index is 6.33. The largest absolute Gasteiger partial charge is 0.378 e. The summed E-state index contributed by atoms with van der Waals surface area (Å²) in [5.74, 6) is 1.02. The third-order valence-corrected chi connectivity index (χ3v) is 4.17. The molecule has 1 aromatic carbocycles. The van der Waals surface area contributed by atoms with Crippen molar-refractivity contribution in [3.05, 3.63) is 39.5 Å². The Balaban J connectivity index is 2.13. The molecule has 0 bridgehead atoms. The number of halogens is 2. The summed E-state index contributed by atoms with van der Waals surface area (Å²) >= 11 is 12.3. The molecule has 2 heterocycles. The molecule has 3 rings (SSSR count). The van der Waals surface area contributed by atoms with Gasteiger partial charge in [-0.1, -0.05) is 23.2 Å². The minimum absolute atomic E-state index is 0.502. The van der Waals surface area contributed by atoms with E-state index in [0.29, 0.717) is 16.7 Å². The van der Waals surface area contributed by atoms with Gasteiger partial charge in [-0.25, -0.2) is 4.68 Å². The molecule has 4 nitrogen and oxygen atoms in total. The number of benzene rings is 1. The minimum Gasteiger partial charge on any atom is -0.378 e. The van der Waals surface area contributed by atoms with Gasteiger partial charge in [0.05, 0.1) is 23.0 Å². The molecule has 112 valence electrons. The third-order valence-electron chi connectivity index (χ3n) is 3.63. The minimum atomic E-state index is 0.502. The highest BCUT2D eigenvalue weighted by molar-refractivity contribution is 6.35. The van der Waals surface area contributed by atoms with E-state index in [0.717, 1.165) is 43.0 Å². The molecule has 1 aromatic heterocycles. The number of nitrogens with zero attached hydrogens (tertiary/aromatic N) is 2. The van der Waals surface area contributed by atoms with Gasteiger partial charge in [-0.15, -0.1) is 0 Å². The Morgan fingerprint density at radius 1 is 1.33 bits per heavy atom. The zero-order valence-electron chi connectivity index (χ0n) is 11.8. The Bertz CT molecular complexity index is 655. The molecule has 0 fully saturated rings. The van der Waals surface area contributed by atoms with Crippen molar-refractivity contribution in [2.75, 3.05) is 19.0 Å². The molecule has 1 aliphatic rings. The highest BCUT2D eigenvalue weighted by Crippen LogP contribution is 2.32. The van der Waals surface area contributed by atoms with E-state index in [2.05, 4.69) is 10.4 Å². The molecule has 6 heteroatoms. The average molecular weight is 326 g/mol. The molecule has 0 spiro atoms. The fourth-order valence-electron chi connectivity index (χ4n) is 2.65. The Morgan fingerprint density at radius 3 is 2.95 bits per heavy atom. The van der Waals surface area contributed by atoms with Gasteiger partial charge in [0.25, 0.3) is 0 Å². The van der Waals surface area contributed by atoms with Gasteiger partial charge >= 0.3 is 0 Å². The smallest absolute Gasteiger partial charge is 0.133 e. The van der Waals surface area contributed by atoms with Crippen LogP contribution in [0.25, 0.3) is 5.69 Å². The summed E-state index contributed by atoms with van der Waals surface area (Å²) in [5, 5.41) is 9.36. The molecule has 1 aliphatic heterocycles. The topological polar surface area (TPSA) is 39.1 Å². The maximum atomic E-state index is 6.33. The van der Waals surface area contributed by atoms with Crippen molar-refractivity contribution in [2.24, 2.45) is 0 Å². The lowest BCUT2D eigenvalue weighted by Crippen LogP contribution is -2.07. The van der Waals surface area contributed by atoms with E-state index in [-0.39, 0.29) is 0 Å². The van der Waals surface area contributed by atoms with Crippen LogP contribution in [0, 0.1) is 0 Å². The predicted molar refractivity (Wildman–Crippen MR) is 85.7 cm³/mol. The quantitative estimate of drug-likeness (QED) is 0.924. The summed E-state index contributed by atoms with van der Waals surface area (Å²) in [6.45, 7) is 1.44. The van der Waals surface area contributed by atoms with Crippen LogP contribution in [0.1, 0.15) is 24.1 Å². The first kappa shape index (κ1) is 14.7. The van der Waals surface area contributed by atoms with Gasteiger partial charge in [0.15, 0.2) is 0 Å². The van der Waals surface area contributed by atoms with Gasteiger partial charge in [-0.05, 0) is 37.5 Å². The molecule has 0 radical (unpaired) electrons. The summed E-state index contributed by atoms with van der Waals surface area (Å²) < 4.78 is 7.14.